The summed E-state index contributed by atoms with van der Waals surface area (Å²) >= 11 is 0. The highest BCUT2D eigenvalue weighted by molar-refractivity contribution is 7.89. The summed E-state index contributed by atoms with van der Waals surface area (Å²) in [7, 11) is -4.23. The molecule has 3 N–H and O–H groups in total. The van der Waals surface area contributed by atoms with Crippen LogP contribution in [0.1, 0.15) is 36.5 Å². The molecule has 1 aliphatic rings. The molecule has 3 rings (SSSR count). The number of nitrogens with two attached hydrogens (primary N) is 1. The molecule has 30 heavy (non-hydrogen) atoms. The number of nitrogens with zero attached hydrogens (tertiary/aromatic N) is 1. The fourth-order valence-electron chi connectivity index (χ4n) is 3.62. The van der Waals surface area contributed by atoms with Gasteiger partial charge < -0.3 is 5.32 Å². The fraction of sp³-hybridized carbons (Fsp3) is 0.429. The van der Waals surface area contributed by atoms with Gasteiger partial charge in [-0.05, 0) is 61.2 Å². The van der Waals surface area contributed by atoms with Crippen LogP contribution in [0.3, 0.4) is 0 Å². The zero-order chi connectivity index (χ0) is 21.9. The molecule has 1 fully saturated rings. The SMILES string of the molecule is CC1CCN(Cc2ccccc2CNc2ccc(S(N)(=O)=O)cc2C(F)(F)F)CC1. The highest BCUT2D eigenvalue weighted by Gasteiger charge is 2.34. The van der Waals surface area contributed by atoms with E-state index < -0.39 is 26.7 Å². The zero-order valence-corrected chi connectivity index (χ0v) is 17.6. The van der Waals surface area contributed by atoms with Crippen LogP contribution in [0.5, 0.6) is 0 Å². The molecule has 0 aromatic heterocycles. The molecule has 0 spiro atoms. The van der Waals surface area contributed by atoms with Crippen molar-refractivity contribution in [2.45, 2.75) is 43.9 Å². The Morgan fingerprint density at radius 2 is 1.73 bits per heavy atom. The van der Waals surface area contributed by atoms with Gasteiger partial charge in [0.1, 0.15) is 0 Å². The van der Waals surface area contributed by atoms with Crippen LogP contribution in [0.15, 0.2) is 47.4 Å². The quantitative estimate of drug-likeness (QED) is 0.705. The summed E-state index contributed by atoms with van der Waals surface area (Å²) in [4.78, 5) is 1.79. The van der Waals surface area contributed by atoms with E-state index in [1.807, 2.05) is 24.3 Å². The average Bonchev–Trinajstić information content (AvgIpc) is 2.67. The summed E-state index contributed by atoms with van der Waals surface area (Å²) in [6, 6.07) is 10.4. The molecule has 2 aromatic rings. The van der Waals surface area contributed by atoms with Gasteiger partial charge in [-0.1, -0.05) is 31.2 Å². The third-order valence-electron chi connectivity index (χ3n) is 5.48. The van der Waals surface area contributed by atoms with Gasteiger partial charge in [0.25, 0.3) is 0 Å². The number of anilines is 1. The summed E-state index contributed by atoms with van der Waals surface area (Å²) in [5.74, 6) is 0.722. The van der Waals surface area contributed by atoms with E-state index in [0.717, 1.165) is 61.7 Å². The van der Waals surface area contributed by atoms with Gasteiger partial charge in [-0.25, -0.2) is 13.6 Å². The molecule has 0 amide bonds. The van der Waals surface area contributed by atoms with Crippen molar-refractivity contribution in [2.75, 3.05) is 18.4 Å². The number of hydrogen-bond acceptors (Lipinski definition) is 4. The Labute approximate surface area is 175 Å². The lowest BCUT2D eigenvalue weighted by molar-refractivity contribution is -0.137. The molecule has 0 unspecified atom stereocenters. The molecule has 1 aliphatic heterocycles. The molecule has 0 aliphatic carbocycles. The van der Waals surface area contributed by atoms with Gasteiger partial charge in [0, 0.05) is 18.8 Å². The van der Waals surface area contributed by atoms with Crippen molar-refractivity contribution >= 4 is 15.7 Å². The fourth-order valence-corrected chi connectivity index (χ4v) is 4.16. The Morgan fingerprint density at radius 3 is 2.33 bits per heavy atom. The minimum absolute atomic E-state index is 0.184. The van der Waals surface area contributed by atoms with E-state index in [1.54, 1.807) is 0 Å². The van der Waals surface area contributed by atoms with Crippen LogP contribution in [0, 0.1) is 5.92 Å². The van der Waals surface area contributed by atoms with E-state index in [4.69, 9.17) is 5.14 Å². The average molecular weight is 442 g/mol. The molecule has 0 bridgehead atoms. The van der Waals surface area contributed by atoms with Gasteiger partial charge in [0.05, 0.1) is 10.5 Å². The topological polar surface area (TPSA) is 75.4 Å². The summed E-state index contributed by atoms with van der Waals surface area (Å²) in [5, 5.41) is 7.81. The van der Waals surface area contributed by atoms with Gasteiger partial charge in [-0.3, -0.25) is 4.90 Å². The molecule has 2 aromatic carbocycles. The van der Waals surface area contributed by atoms with Crippen LogP contribution in [-0.4, -0.2) is 26.4 Å². The molecular formula is C21H26F3N3O2S. The summed E-state index contributed by atoms with van der Waals surface area (Å²) in [5.41, 5.74) is 0.724. The number of nitrogens with one attached hydrogen (secondary N) is 1. The Kier molecular flexibility index (Phi) is 6.74. The van der Waals surface area contributed by atoms with Crippen LogP contribution in [0.25, 0.3) is 0 Å². The summed E-state index contributed by atoms with van der Waals surface area (Å²) in [6.45, 7) is 5.21. The third-order valence-corrected chi connectivity index (χ3v) is 6.39. The summed E-state index contributed by atoms with van der Waals surface area (Å²) in [6.07, 6.45) is -2.43. The number of piperidine rings is 1. The first-order valence-corrected chi connectivity index (χ1v) is 11.4. The number of benzene rings is 2. The van der Waals surface area contributed by atoms with Crippen molar-refractivity contribution in [3.8, 4) is 0 Å². The van der Waals surface area contributed by atoms with Crippen LogP contribution in [-0.2, 0) is 29.3 Å². The predicted octanol–water partition coefficient (Wildman–Crippen LogP) is 4.20. The first kappa shape index (κ1) is 22.6. The second-order valence-corrected chi connectivity index (χ2v) is 9.39. The number of primary sulfonamides is 1. The molecule has 0 saturated carbocycles. The van der Waals surface area contributed by atoms with Crippen molar-refractivity contribution in [3.63, 3.8) is 0 Å². The van der Waals surface area contributed by atoms with Crippen molar-refractivity contribution in [1.29, 1.82) is 0 Å². The number of rotatable bonds is 6. The van der Waals surface area contributed by atoms with Gasteiger partial charge in [-0.2, -0.15) is 13.2 Å². The van der Waals surface area contributed by atoms with Crippen LogP contribution < -0.4 is 10.5 Å². The lowest BCUT2D eigenvalue weighted by Crippen LogP contribution is -2.32. The monoisotopic (exact) mass is 441 g/mol. The Hall–Kier alpha value is -2.10. The smallest absolute Gasteiger partial charge is 0.380 e. The number of likely N-dealkylation sites (tertiary alicyclic amines) is 1. The molecule has 164 valence electrons. The molecule has 1 heterocycles. The number of alkyl halides is 3. The molecule has 5 nitrogen and oxygen atoms in total. The van der Waals surface area contributed by atoms with Gasteiger partial charge in [0.15, 0.2) is 0 Å². The summed E-state index contributed by atoms with van der Waals surface area (Å²) < 4.78 is 63.3. The Bertz CT molecular complexity index is 985. The maximum Gasteiger partial charge on any atom is 0.418 e. The van der Waals surface area contributed by atoms with E-state index >= 15 is 0 Å². The lowest BCUT2D eigenvalue weighted by atomic mass is 9.98. The molecule has 9 heteroatoms. The highest BCUT2D eigenvalue weighted by Crippen LogP contribution is 2.36. The van der Waals surface area contributed by atoms with Gasteiger partial charge in [0.2, 0.25) is 10.0 Å². The van der Waals surface area contributed by atoms with Crippen LogP contribution in [0.4, 0.5) is 18.9 Å². The van der Waals surface area contributed by atoms with E-state index in [2.05, 4.69) is 17.1 Å². The number of halogens is 3. The zero-order valence-electron chi connectivity index (χ0n) is 16.7. The number of sulfonamides is 1. The van der Waals surface area contributed by atoms with E-state index in [-0.39, 0.29) is 12.2 Å². The van der Waals surface area contributed by atoms with Gasteiger partial charge >= 0.3 is 6.18 Å². The van der Waals surface area contributed by atoms with E-state index in [0.29, 0.717) is 6.07 Å². The lowest BCUT2D eigenvalue weighted by Gasteiger charge is -2.30. The highest BCUT2D eigenvalue weighted by atomic mass is 32.2. The molecular weight excluding hydrogens is 415 g/mol. The van der Waals surface area contributed by atoms with Crippen molar-refractivity contribution < 1.29 is 21.6 Å². The van der Waals surface area contributed by atoms with Crippen LogP contribution >= 0.6 is 0 Å². The second kappa shape index (κ2) is 8.95. The van der Waals surface area contributed by atoms with Crippen molar-refractivity contribution in [1.82, 2.24) is 4.90 Å². The minimum Gasteiger partial charge on any atom is -0.380 e. The maximum absolute atomic E-state index is 13.5. The normalized spacial score (nSPS) is 16.6. The Balaban J connectivity index is 1.79. The molecule has 0 radical (unpaired) electrons. The maximum atomic E-state index is 13.5. The van der Waals surface area contributed by atoms with E-state index in [9.17, 15) is 21.6 Å². The largest absolute Gasteiger partial charge is 0.418 e. The predicted molar refractivity (Wildman–Crippen MR) is 110 cm³/mol. The van der Waals surface area contributed by atoms with Crippen molar-refractivity contribution in [2.24, 2.45) is 11.1 Å². The standard InChI is InChI=1S/C21H26F3N3O2S/c1-15-8-10-27(11-9-15)14-17-5-3-2-4-16(17)13-26-20-7-6-18(30(25,28)29)12-19(20)21(22,23)24/h2-7,12,15,26H,8-11,13-14H2,1H3,(H2,25,28,29). The van der Waals surface area contributed by atoms with E-state index in [1.165, 1.54) is 0 Å². The minimum atomic E-state index is -4.72. The third kappa shape index (κ3) is 5.74. The first-order valence-electron chi connectivity index (χ1n) is 9.81. The first-order chi connectivity index (χ1) is 14.0. The van der Waals surface area contributed by atoms with Gasteiger partial charge in [-0.15, -0.1) is 0 Å². The second-order valence-electron chi connectivity index (χ2n) is 7.83. The number of hydrogen-bond donors (Lipinski definition) is 2. The Morgan fingerprint density at radius 1 is 1.10 bits per heavy atom. The van der Waals surface area contributed by atoms with Crippen LogP contribution in [0.2, 0.25) is 0 Å². The molecule has 0 atom stereocenters. The molecule has 1 saturated heterocycles. The van der Waals surface area contributed by atoms with Crippen molar-refractivity contribution in [3.05, 3.63) is 59.2 Å².